The van der Waals surface area contributed by atoms with Gasteiger partial charge in [-0.05, 0) is 29.3 Å². The van der Waals surface area contributed by atoms with Crippen molar-refractivity contribution in [1.82, 2.24) is 4.90 Å². The number of carbonyl (C=O) groups excluding carboxylic acids is 1. The molecule has 4 rings (SSSR count). The highest BCUT2D eigenvalue weighted by atomic mass is 35.5. The minimum absolute atomic E-state index is 0.0793. The van der Waals surface area contributed by atoms with E-state index in [1.807, 2.05) is 29.2 Å². The first-order chi connectivity index (χ1) is 13.8. The first-order valence-corrected chi connectivity index (χ1v) is 12.5. The number of rotatable bonds is 4. The van der Waals surface area contributed by atoms with E-state index in [0.717, 1.165) is 11.1 Å². The average Bonchev–Trinajstić information content (AvgIpc) is 3.11. The summed E-state index contributed by atoms with van der Waals surface area (Å²) in [4.78, 5) is 18.9. The van der Waals surface area contributed by atoms with Gasteiger partial charge in [0.15, 0.2) is 15.0 Å². The highest BCUT2D eigenvalue weighted by Crippen LogP contribution is 2.39. The van der Waals surface area contributed by atoms with E-state index in [1.165, 1.54) is 11.8 Å². The monoisotopic (exact) mass is 468 g/mol. The molecule has 2 unspecified atom stereocenters. The van der Waals surface area contributed by atoms with E-state index in [1.54, 1.807) is 24.3 Å². The van der Waals surface area contributed by atoms with Gasteiger partial charge in [-0.1, -0.05) is 65.3 Å². The number of hydrogen-bond donors (Lipinski definition) is 0. The predicted octanol–water partition coefficient (Wildman–Crippen LogP) is 3.83. The van der Waals surface area contributed by atoms with E-state index in [2.05, 4.69) is 4.99 Å². The van der Waals surface area contributed by atoms with E-state index < -0.39 is 9.84 Å². The van der Waals surface area contributed by atoms with Crippen LogP contribution in [0.4, 0.5) is 0 Å². The number of fused-ring (bicyclic) bond motifs is 1. The maximum atomic E-state index is 12.6. The van der Waals surface area contributed by atoms with Gasteiger partial charge in [0.25, 0.3) is 5.91 Å². The summed E-state index contributed by atoms with van der Waals surface area (Å²) in [6.07, 6.45) is 0.103. The van der Waals surface area contributed by atoms with E-state index in [-0.39, 0.29) is 35.1 Å². The standard InChI is InChI=1S/C20H18Cl2N2O3S2/c21-15-7-5-13(6-8-15)10-24-17-11-29(26,27)12-18(17)28-20(24)23-19(25)9-14-3-1-2-4-16(14)22/h1-8,17-18H,9-12H2. The normalized spacial score (nSPS) is 24.1. The van der Waals surface area contributed by atoms with Crippen molar-refractivity contribution in [2.75, 3.05) is 11.5 Å². The molecule has 0 aliphatic carbocycles. The fraction of sp³-hybridized carbons (Fsp3) is 0.300. The number of hydrogen-bond acceptors (Lipinski definition) is 4. The van der Waals surface area contributed by atoms with Crippen molar-refractivity contribution in [3.05, 3.63) is 69.7 Å². The van der Waals surface area contributed by atoms with Crippen molar-refractivity contribution in [2.45, 2.75) is 24.3 Å². The summed E-state index contributed by atoms with van der Waals surface area (Å²) in [6, 6.07) is 14.4. The van der Waals surface area contributed by atoms with Crippen LogP contribution < -0.4 is 0 Å². The molecule has 2 aromatic carbocycles. The third kappa shape index (κ3) is 4.79. The summed E-state index contributed by atoms with van der Waals surface area (Å²) in [6.45, 7) is 0.471. The van der Waals surface area contributed by atoms with Gasteiger partial charge < -0.3 is 4.90 Å². The highest BCUT2D eigenvalue weighted by Gasteiger charge is 2.48. The Morgan fingerprint density at radius 3 is 2.55 bits per heavy atom. The Labute approximate surface area is 184 Å². The number of halogens is 2. The molecule has 2 aliphatic heterocycles. The zero-order valence-electron chi connectivity index (χ0n) is 15.3. The molecule has 2 aromatic rings. The van der Waals surface area contributed by atoms with Crippen LogP contribution in [0.2, 0.25) is 10.0 Å². The zero-order valence-corrected chi connectivity index (χ0v) is 18.4. The Kier molecular flexibility index (Phi) is 5.93. The molecule has 2 aliphatic rings. The first kappa shape index (κ1) is 20.7. The number of sulfone groups is 1. The molecule has 0 aromatic heterocycles. The van der Waals surface area contributed by atoms with Crippen LogP contribution in [-0.2, 0) is 27.6 Å². The highest BCUT2D eigenvalue weighted by molar-refractivity contribution is 8.15. The van der Waals surface area contributed by atoms with Crippen molar-refractivity contribution in [3.63, 3.8) is 0 Å². The fourth-order valence-electron chi connectivity index (χ4n) is 3.56. The Bertz CT molecular complexity index is 1070. The predicted molar refractivity (Wildman–Crippen MR) is 118 cm³/mol. The first-order valence-electron chi connectivity index (χ1n) is 9.04. The molecule has 152 valence electrons. The number of thioether (sulfide) groups is 1. The maximum absolute atomic E-state index is 12.6. The van der Waals surface area contributed by atoms with Gasteiger partial charge in [-0.15, -0.1) is 0 Å². The molecule has 0 N–H and O–H groups in total. The van der Waals surface area contributed by atoms with Crippen molar-refractivity contribution >= 4 is 55.9 Å². The Morgan fingerprint density at radius 2 is 1.83 bits per heavy atom. The van der Waals surface area contributed by atoms with Crippen LogP contribution in [0.1, 0.15) is 11.1 Å². The van der Waals surface area contributed by atoms with E-state index >= 15 is 0 Å². The summed E-state index contributed by atoms with van der Waals surface area (Å²) < 4.78 is 24.2. The van der Waals surface area contributed by atoms with Crippen molar-refractivity contribution in [1.29, 1.82) is 0 Å². The van der Waals surface area contributed by atoms with E-state index in [0.29, 0.717) is 21.8 Å². The summed E-state index contributed by atoms with van der Waals surface area (Å²) in [7, 11) is -3.08. The van der Waals surface area contributed by atoms with Gasteiger partial charge in [0.05, 0.1) is 24.0 Å². The molecule has 5 nitrogen and oxygen atoms in total. The molecule has 2 atom stereocenters. The molecular formula is C20H18Cl2N2O3S2. The van der Waals surface area contributed by atoms with Crippen LogP contribution in [0.3, 0.4) is 0 Å². The fourth-order valence-corrected chi connectivity index (χ4v) is 7.85. The minimum atomic E-state index is -3.08. The number of aliphatic imine (C=N–C) groups is 1. The Hall–Kier alpha value is -1.54. The van der Waals surface area contributed by atoms with Crippen molar-refractivity contribution < 1.29 is 13.2 Å². The van der Waals surface area contributed by atoms with Crippen LogP contribution in [0.25, 0.3) is 0 Å². The van der Waals surface area contributed by atoms with Gasteiger partial charge in [0.2, 0.25) is 0 Å². The number of amides is 1. The molecule has 0 saturated carbocycles. The van der Waals surface area contributed by atoms with Crippen molar-refractivity contribution in [3.8, 4) is 0 Å². The molecule has 2 fully saturated rings. The van der Waals surface area contributed by atoms with Gasteiger partial charge in [0.1, 0.15) is 0 Å². The van der Waals surface area contributed by atoms with Crippen LogP contribution in [-0.4, -0.2) is 47.2 Å². The number of benzene rings is 2. The van der Waals surface area contributed by atoms with Crippen LogP contribution >= 0.6 is 35.0 Å². The van der Waals surface area contributed by atoms with E-state index in [4.69, 9.17) is 23.2 Å². The smallest absolute Gasteiger partial charge is 0.252 e. The largest absolute Gasteiger partial charge is 0.342 e. The third-order valence-corrected chi connectivity index (χ3v) is 8.83. The average molecular weight is 469 g/mol. The van der Waals surface area contributed by atoms with Gasteiger partial charge in [-0.2, -0.15) is 4.99 Å². The lowest BCUT2D eigenvalue weighted by Crippen LogP contribution is -2.37. The molecule has 0 bridgehead atoms. The van der Waals surface area contributed by atoms with E-state index in [9.17, 15) is 13.2 Å². The molecular weight excluding hydrogens is 451 g/mol. The second-order valence-corrected chi connectivity index (χ2v) is 11.3. The summed E-state index contributed by atoms with van der Waals surface area (Å²) in [5.74, 6) is -0.114. The maximum Gasteiger partial charge on any atom is 0.252 e. The molecule has 0 radical (unpaired) electrons. The lowest BCUT2D eigenvalue weighted by Gasteiger charge is -2.24. The number of carbonyl (C=O) groups is 1. The SMILES string of the molecule is O=C(Cc1ccccc1Cl)N=C1SC2CS(=O)(=O)CC2N1Cc1ccc(Cl)cc1. The lowest BCUT2D eigenvalue weighted by molar-refractivity contribution is -0.117. The minimum Gasteiger partial charge on any atom is -0.342 e. The molecule has 9 heteroatoms. The zero-order chi connectivity index (χ0) is 20.6. The molecule has 29 heavy (non-hydrogen) atoms. The molecule has 2 saturated heterocycles. The second kappa shape index (κ2) is 8.30. The van der Waals surface area contributed by atoms with Gasteiger partial charge >= 0.3 is 0 Å². The Morgan fingerprint density at radius 1 is 1.10 bits per heavy atom. The van der Waals surface area contributed by atoms with Crippen molar-refractivity contribution in [2.24, 2.45) is 4.99 Å². The lowest BCUT2D eigenvalue weighted by atomic mass is 10.1. The quantitative estimate of drug-likeness (QED) is 0.681. The summed E-state index contributed by atoms with van der Waals surface area (Å²) in [5.41, 5.74) is 1.70. The number of nitrogens with zero attached hydrogens (tertiary/aromatic N) is 2. The Balaban J connectivity index is 1.58. The number of amidine groups is 1. The third-order valence-electron chi connectivity index (χ3n) is 4.96. The van der Waals surface area contributed by atoms with Gasteiger partial charge in [-0.3, -0.25) is 4.79 Å². The molecule has 1 amide bonds. The van der Waals surface area contributed by atoms with Gasteiger partial charge in [-0.25, -0.2) is 8.42 Å². The summed E-state index contributed by atoms with van der Waals surface area (Å²) >= 11 is 13.5. The summed E-state index contributed by atoms with van der Waals surface area (Å²) in [5, 5.41) is 1.62. The molecule has 0 spiro atoms. The second-order valence-electron chi connectivity index (χ2n) is 7.11. The van der Waals surface area contributed by atoms with Gasteiger partial charge in [0, 0.05) is 21.8 Å². The van der Waals surface area contributed by atoms with Crippen LogP contribution in [0.5, 0.6) is 0 Å². The molecule has 2 heterocycles. The van der Waals surface area contributed by atoms with Crippen LogP contribution in [0.15, 0.2) is 53.5 Å². The van der Waals surface area contributed by atoms with Crippen LogP contribution in [0, 0.1) is 0 Å². The topological polar surface area (TPSA) is 66.8 Å².